The standard InChI is InChI=1S/C13H15NO5/c1-18-13(17)10(15)6-14-12(16)9-7-19-11-5-3-2-4-8(9)11/h2-5,9-10,15H,6-7H2,1H3,(H,14,16). The summed E-state index contributed by atoms with van der Waals surface area (Å²) in [6, 6.07) is 7.28. The molecule has 1 aliphatic heterocycles. The van der Waals surface area contributed by atoms with E-state index in [1.807, 2.05) is 18.2 Å². The summed E-state index contributed by atoms with van der Waals surface area (Å²) in [5.41, 5.74) is 0.813. The Hall–Kier alpha value is -2.08. The van der Waals surface area contributed by atoms with Crippen LogP contribution in [0.15, 0.2) is 24.3 Å². The normalized spacial score (nSPS) is 18.1. The van der Waals surface area contributed by atoms with Gasteiger partial charge in [-0.15, -0.1) is 0 Å². The highest BCUT2D eigenvalue weighted by Gasteiger charge is 2.30. The molecule has 1 aromatic carbocycles. The van der Waals surface area contributed by atoms with Gasteiger partial charge in [0.05, 0.1) is 13.7 Å². The first-order valence-electron chi connectivity index (χ1n) is 5.89. The summed E-state index contributed by atoms with van der Waals surface area (Å²) < 4.78 is 9.75. The fourth-order valence-corrected chi connectivity index (χ4v) is 1.92. The maximum absolute atomic E-state index is 12.0. The number of para-hydroxylation sites is 1. The predicted molar refractivity (Wildman–Crippen MR) is 65.7 cm³/mol. The summed E-state index contributed by atoms with van der Waals surface area (Å²) in [4.78, 5) is 23.0. The molecule has 2 unspecified atom stereocenters. The van der Waals surface area contributed by atoms with E-state index in [4.69, 9.17) is 4.74 Å². The molecule has 1 heterocycles. The number of fused-ring (bicyclic) bond motifs is 1. The zero-order chi connectivity index (χ0) is 13.8. The Balaban J connectivity index is 1.94. The number of amides is 1. The van der Waals surface area contributed by atoms with Crippen LogP contribution in [0, 0.1) is 0 Å². The summed E-state index contributed by atoms with van der Waals surface area (Å²) in [6.07, 6.45) is -1.36. The van der Waals surface area contributed by atoms with Crippen molar-refractivity contribution in [3.63, 3.8) is 0 Å². The van der Waals surface area contributed by atoms with Crippen LogP contribution in [0.3, 0.4) is 0 Å². The van der Waals surface area contributed by atoms with E-state index in [9.17, 15) is 14.7 Å². The molecule has 0 bridgehead atoms. The van der Waals surface area contributed by atoms with Crippen molar-refractivity contribution in [2.24, 2.45) is 0 Å². The number of ether oxygens (including phenoxy) is 2. The highest BCUT2D eigenvalue weighted by molar-refractivity contribution is 5.86. The number of carbonyl (C=O) groups is 2. The minimum Gasteiger partial charge on any atom is -0.492 e. The number of aliphatic hydroxyl groups excluding tert-OH is 1. The average molecular weight is 265 g/mol. The van der Waals surface area contributed by atoms with Crippen molar-refractivity contribution < 1.29 is 24.2 Å². The zero-order valence-electron chi connectivity index (χ0n) is 10.5. The molecular weight excluding hydrogens is 250 g/mol. The highest BCUT2D eigenvalue weighted by Crippen LogP contribution is 2.33. The van der Waals surface area contributed by atoms with Gasteiger partial charge in [-0.2, -0.15) is 0 Å². The van der Waals surface area contributed by atoms with Crippen LogP contribution in [0.25, 0.3) is 0 Å². The van der Waals surface area contributed by atoms with Gasteiger partial charge < -0.3 is 19.9 Å². The lowest BCUT2D eigenvalue weighted by atomic mass is 10.0. The number of methoxy groups -OCH3 is 1. The summed E-state index contributed by atoms with van der Waals surface area (Å²) in [6.45, 7) is 0.0870. The Bertz CT molecular complexity index is 488. The molecule has 0 radical (unpaired) electrons. The van der Waals surface area contributed by atoms with E-state index in [1.165, 1.54) is 7.11 Å². The number of hydrogen-bond donors (Lipinski definition) is 2. The molecule has 0 fully saturated rings. The van der Waals surface area contributed by atoms with Crippen LogP contribution in [0.5, 0.6) is 5.75 Å². The molecule has 0 spiro atoms. The Morgan fingerprint density at radius 1 is 1.53 bits per heavy atom. The minimum atomic E-state index is -1.36. The van der Waals surface area contributed by atoms with Crippen LogP contribution in [0.4, 0.5) is 0 Å². The number of benzene rings is 1. The van der Waals surface area contributed by atoms with Gasteiger partial charge >= 0.3 is 5.97 Å². The lowest BCUT2D eigenvalue weighted by Gasteiger charge is -2.12. The third-order valence-corrected chi connectivity index (χ3v) is 2.96. The molecule has 2 rings (SSSR count). The molecule has 1 aliphatic rings. The van der Waals surface area contributed by atoms with Crippen LogP contribution in [0.1, 0.15) is 11.5 Å². The first-order chi connectivity index (χ1) is 9.13. The maximum atomic E-state index is 12.0. The topological polar surface area (TPSA) is 84.9 Å². The molecule has 1 aromatic rings. The Kier molecular flexibility index (Phi) is 4.01. The Morgan fingerprint density at radius 3 is 3.00 bits per heavy atom. The van der Waals surface area contributed by atoms with Crippen molar-refractivity contribution in [1.82, 2.24) is 5.32 Å². The van der Waals surface area contributed by atoms with Crippen LogP contribution in [-0.2, 0) is 14.3 Å². The van der Waals surface area contributed by atoms with E-state index in [0.717, 1.165) is 5.56 Å². The summed E-state index contributed by atoms with van der Waals surface area (Å²) in [7, 11) is 1.18. The molecule has 0 saturated carbocycles. The minimum absolute atomic E-state index is 0.176. The number of esters is 1. The van der Waals surface area contributed by atoms with Crippen LogP contribution in [-0.4, -0.2) is 43.3 Å². The van der Waals surface area contributed by atoms with Crippen LogP contribution in [0.2, 0.25) is 0 Å². The summed E-state index contributed by atoms with van der Waals surface area (Å²) in [5.74, 6) is -0.784. The fraction of sp³-hybridized carbons (Fsp3) is 0.385. The molecule has 2 atom stereocenters. The van der Waals surface area contributed by atoms with Crippen molar-refractivity contribution >= 4 is 11.9 Å². The molecule has 1 amide bonds. The number of carbonyl (C=O) groups excluding carboxylic acids is 2. The number of aliphatic hydroxyl groups is 1. The third-order valence-electron chi connectivity index (χ3n) is 2.96. The van der Waals surface area contributed by atoms with Gasteiger partial charge in [-0.1, -0.05) is 18.2 Å². The molecule has 102 valence electrons. The Labute approximate surface area is 110 Å². The van der Waals surface area contributed by atoms with E-state index in [1.54, 1.807) is 6.07 Å². The highest BCUT2D eigenvalue weighted by atomic mass is 16.5. The van der Waals surface area contributed by atoms with Crippen LogP contribution >= 0.6 is 0 Å². The number of nitrogens with one attached hydrogen (secondary N) is 1. The lowest BCUT2D eigenvalue weighted by molar-refractivity contribution is -0.150. The van der Waals surface area contributed by atoms with E-state index in [-0.39, 0.29) is 19.1 Å². The van der Waals surface area contributed by atoms with Gasteiger partial charge in [-0.3, -0.25) is 4.79 Å². The van der Waals surface area contributed by atoms with Gasteiger partial charge in [0.1, 0.15) is 18.3 Å². The third kappa shape index (κ3) is 2.85. The quantitative estimate of drug-likeness (QED) is 0.737. The van der Waals surface area contributed by atoms with Crippen molar-refractivity contribution in [3.8, 4) is 5.75 Å². The lowest BCUT2D eigenvalue weighted by Crippen LogP contribution is -2.39. The van der Waals surface area contributed by atoms with Crippen molar-refractivity contribution in [2.75, 3.05) is 20.3 Å². The van der Waals surface area contributed by atoms with E-state index in [0.29, 0.717) is 5.75 Å². The zero-order valence-corrected chi connectivity index (χ0v) is 10.5. The molecule has 0 aliphatic carbocycles. The molecule has 2 N–H and O–H groups in total. The monoisotopic (exact) mass is 265 g/mol. The van der Waals surface area contributed by atoms with Crippen molar-refractivity contribution in [2.45, 2.75) is 12.0 Å². The largest absolute Gasteiger partial charge is 0.492 e. The molecule has 0 saturated heterocycles. The Morgan fingerprint density at radius 2 is 2.26 bits per heavy atom. The van der Waals surface area contributed by atoms with Crippen molar-refractivity contribution in [3.05, 3.63) is 29.8 Å². The number of rotatable bonds is 4. The SMILES string of the molecule is COC(=O)C(O)CNC(=O)C1COc2ccccc21. The van der Waals surface area contributed by atoms with E-state index in [2.05, 4.69) is 10.1 Å². The van der Waals surface area contributed by atoms with Gasteiger partial charge in [-0.05, 0) is 6.07 Å². The first-order valence-corrected chi connectivity index (χ1v) is 5.89. The number of hydrogen-bond acceptors (Lipinski definition) is 5. The average Bonchev–Trinajstić information content (AvgIpc) is 2.87. The van der Waals surface area contributed by atoms with Crippen LogP contribution < -0.4 is 10.1 Å². The maximum Gasteiger partial charge on any atom is 0.336 e. The second-order valence-corrected chi connectivity index (χ2v) is 4.19. The molecular formula is C13H15NO5. The van der Waals surface area contributed by atoms with E-state index < -0.39 is 18.0 Å². The predicted octanol–water partition coefficient (Wildman–Crippen LogP) is -0.187. The van der Waals surface area contributed by atoms with Gasteiger partial charge in [0.15, 0.2) is 6.10 Å². The van der Waals surface area contributed by atoms with Gasteiger partial charge in [0.25, 0.3) is 0 Å². The van der Waals surface area contributed by atoms with Gasteiger partial charge in [0, 0.05) is 5.56 Å². The first kappa shape index (κ1) is 13.4. The summed E-state index contributed by atoms with van der Waals surface area (Å²) >= 11 is 0. The smallest absolute Gasteiger partial charge is 0.336 e. The van der Waals surface area contributed by atoms with E-state index >= 15 is 0 Å². The molecule has 6 heteroatoms. The fourth-order valence-electron chi connectivity index (χ4n) is 1.92. The van der Waals surface area contributed by atoms with Gasteiger partial charge in [-0.25, -0.2) is 4.79 Å². The molecule has 19 heavy (non-hydrogen) atoms. The van der Waals surface area contributed by atoms with Crippen molar-refractivity contribution in [1.29, 1.82) is 0 Å². The second-order valence-electron chi connectivity index (χ2n) is 4.19. The summed E-state index contributed by atoms with van der Waals surface area (Å²) in [5, 5.41) is 11.9. The second kappa shape index (κ2) is 5.71. The molecule has 6 nitrogen and oxygen atoms in total. The van der Waals surface area contributed by atoms with Gasteiger partial charge in [0.2, 0.25) is 5.91 Å². The molecule has 0 aromatic heterocycles.